The van der Waals surface area contributed by atoms with Crippen LogP contribution in [0.4, 0.5) is 0 Å². The minimum Gasteiger partial charge on any atom is -0.0991 e. The van der Waals surface area contributed by atoms with Gasteiger partial charge in [0.2, 0.25) is 0 Å². The van der Waals surface area contributed by atoms with Crippen LogP contribution in [0.15, 0.2) is 60.3 Å². The smallest absolute Gasteiger partial charge is 0.0142 e. The average molecular weight is 299 g/mol. The highest BCUT2D eigenvalue weighted by Gasteiger charge is 2.28. The van der Waals surface area contributed by atoms with Gasteiger partial charge < -0.3 is 0 Å². The molecule has 0 saturated carbocycles. The van der Waals surface area contributed by atoms with Crippen LogP contribution >= 0.6 is 0 Å². The molecule has 0 aromatic heterocycles. The van der Waals surface area contributed by atoms with E-state index in [1.165, 1.54) is 24.0 Å². The third-order valence-electron chi connectivity index (χ3n) is 4.97. The van der Waals surface area contributed by atoms with Crippen molar-refractivity contribution < 1.29 is 0 Å². The first kappa shape index (κ1) is 18.7. The molecule has 0 heterocycles. The van der Waals surface area contributed by atoms with Crippen molar-refractivity contribution in [3.8, 4) is 0 Å². The highest BCUT2D eigenvalue weighted by atomic mass is 14.3. The first-order valence-corrected chi connectivity index (χ1v) is 8.77. The van der Waals surface area contributed by atoms with E-state index in [1.807, 2.05) is 6.08 Å². The van der Waals surface area contributed by atoms with Gasteiger partial charge in [0.25, 0.3) is 0 Å². The molecule has 1 rings (SSSR count). The Labute approximate surface area is 138 Å². The van der Waals surface area contributed by atoms with E-state index in [-0.39, 0.29) is 0 Å². The molecule has 0 aromatic carbocycles. The monoisotopic (exact) mass is 298 g/mol. The number of hydrogen-bond donors (Lipinski definition) is 0. The van der Waals surface area contributed by atoms with Gasteiger partial charge in [-0.2, -0.15) is 0 Å². The molecule has 0 N–H and O–H groups in total. The number of allylic oxidation sites excluding steroid dienone is 9. The fourth-order valence-corrected chi connectivity index (χ4v) is 2.84. The Bertz CT molecular complexity index is 468. The third-order valence-corrected chi connectivity index (χ3v) is 4.97. The summed E-state index contributed by atoms with van der Waals surface area (Å²) in [5.41, 5.74) is 3.21. The van der Waals surface area contributed by atoms with E-state index in [4.69, 9.17) is 0 Å². The van der Waals surface area contributed by atoms with Gasteiger partial charge in [-0.1, -0.05) is 83.7 Å². The molecule has 0 heteroatoms. The molecule has 22 heavy (non-hydrogen) atoms. The van der Waals surface area contributed by atoms with Crippen LogP contribution in [0.25, 0.3) is 0 Å². The SMILES string of the molecule is C=CC=C(C=CCC)CCC(C)(C)C(C)C1=CCC(C)C=C1. The van der Waals surface area contributed by atoms with Gasteiger partial charge in [-0.15, -0.1) is 0 Å². The molecule has 2 unspecified atom stereocenters. The Morgan fingerprint density at radius 3 is 2.73 bits per heavy atom. The van der Waals surface area contributed by atoms with Gasteiger partial charge in [0.1, 0.15) is 0 Å². The quantitative estimate of drug-likeness (QED) is 0.422. The summed E-state index contributed by atoms with van der Waals surface area (Å²) in [5.74, 6) is 1.29. The lowest BCUT2D eigenvalue weighted by Crippen LogP contribution is -2.23. The van der Waals surface area contributed by atoms with Crippen LogP contribution in [0.5, 0.6) is 0 Å². The molecule has 0 amide bonds. The molecule has 0 fully saturated rings. The predicted molar refractivity (Wildman–Crippen MR) is 101 cm³/mol. The first-order chi connectivity index (χ1) is 10.4. The topological polar surface area (TPSA) is 0 Å². The number of hydrogen-bond acceptors (Lipinski definition) is 0. The lowest BCUT2D eigenvalue weighted by atomic mass is 9.71. The summed E-state index contributed by atoms with van der Waals surface area (Å²) in [6.07, 6.45) is 20.3. The van der Waals surface area contributed by atoms with Crippen LogP contribution in [-0.2, 0) is 0 Å². The van der Waals surface area contributed by atoms with Crippen LogP contribution in [0.2, 0.25) is 0 Å². The van der Waals surface area contributed by atoms with Crippen molar-refractivity contribution in [2.45, 2.75) is 60.3 Å². The molecule has 0 aliphatic heterocycles. The maximum absolute atomic E-state index is 3.84. The molecule has 0 saturated heterocycles. The van der Waals surface area contributed by atoms with Crippen molar-refractivity contribution in [1.82, 2.24) is 0 Å². The molecule has 1 aliphatic rings. The zero-order chi connectivity index (χ0) is 16.6. The molecule has 1 aliphatic carbocycles. The second kappa shape index (κ2) is 8.98. The maximum Gasteiger partial charge on any atom is -0.0142 e. The minimum absolute atomic E-state index is 0.303. The molecule has 0 nitrogen and oxygen atoms in total. The second-order valence-corrected chi connectivity index (χ2v) is 7.27. The van der Waals surface area contributed by atoms with Crippen molar-refractivity contribution in [1.29, 1.82) is 0 Å². The fraction of sp³-hybridized carbons (Fsp3) is 0.545. The van der Waals surface area contributed by atoms with E-state index in [1.54, 1.807) is 0 Å². The van der Waals surface area contributed by atoms with Crippen molar-refractivity contribution in [2.24, 2.45) is 17.3 Å². The minimum atomic E-state index is 0.303. The molecule has 122 valence electrons. The average Bonchev–Trinajstić information content (AvgIpc) is 2.50. The zero-order valence-corrected chi connectivity index (χ0v) is 15.2. The first-order valence-electron chi connectivity index (χ1n) is 8.77. The van der Waals surface area contributed by atoms with Gasteiger partial charge >= 0.3 is 0 Å². The summed E-state index contributed by atoms with van der Waals surface area (Å²) < 4.78 is 0. The highest BCUT2D eigenvalue weighted by Crippen LogP contribution is 2.39. The largest absolute Gasteiger partial charge is 0.0991 e. The van der Waals surface area contributed by atoms with Crippen molar-refractivity contribution in [3.05, 3.63) is 60.3 Å². The van der Waals surface area contributed by atoms with E-state index >= 15 is 0 Å². The second-order valence-electron chi connectivity index (χ2n) is 7.27. The molecule has 0 bridgehead atoms. The lowest BCUT2D eigenvalue weighted by Gasteiger charge is -2.34. The van der Waals surface area contributed by atoms with Gasteiger partial charge in [0, 0.05) is 0 Å². The van der Waals surface area contributed by atoms with Crippen LogP contribution in [0, 0.1) is 17.3 Å². The summed E-state index contributed by atoms with van der Waals surface area (Å²) in [4.78, 5) is 0. The standard InChI is InChI=1S/C22H34/c1-7-9-11-20(10-8-2)16-17-22(5,6)19(4)21-14-12-18(3)13-15-21/h8-12,14-15,18-19H,2,7,13,16-17H2,1,3-6H3. The zero-order valence-electron chi connectivity index (χ0n) is 15.2. The van der Waals surface area contributed by atoms with Gasteiger partial charge in [0.05, 0.1) is 0 Å². The van der Waals surface area contributed by atoms with Crippen LogP contribution in [-0.4, -0.2) is 0 Å². The molecule has 0 aromatic rings. The van der Waals surface area contributed by atoms with Gasteiger partial charge in [-0.25, -0.2) is 0 Å². The number of rotatable bonds is 8. The summed E-state index contributed by atoms with van der Waals surface area (Å²) in [7, 11) is 0. The van der Waals surface area contributed by atoms with E-state index in [9.17, 15) is 0 Å². The normalized spacial score (nSPS) is 21.0. The Kier molecular flexibility index (Phi) is 7.65. The summed E-state index contributed by atoms with van der Waals surface area (Å²) in [5, 5.41) is 0. The van der Waals surface area contributed by atoms with E-state index in [2.05, 4.69) is 77.7 Å². The van der Waals surface area contributed by atoms with Gasteiger partial charge in [0.15, 0.2) is 0 Å². The van der Waals surface area contributed by atoms with E-state index in [0.29, 0.717) is 17.3 Å². The van der Waals surface area contributed by atoms with Crippen LogP contribution in [0.3, 0.4) is 0 Å². The maximum atomic E-state index is 3.84. The van der Waals surface area contributed by atoms with Crippen molar-refractivity contribution in [3.63, 3.8) is 0 Å². The van der Waals surface area contributed by atoms with E-state index in [0.717, 1.165) is 12.8 Å². The summed E-state index contributed by atoms with van der Waals surface area (Å²) >= 11 is 0. The molecule has 0 radical (unpaired) electrons. The lowest BCUT2D eigenvalue weighted by molar-refractivity contribution is 0.246. The molecule has 0 spiro atoms. The Morgan fingerprint density at radius 1 is 1.45 bits per heavy atom. The fourth-order valence-electron chi connectivity index (χ4n) is 2.84. The van der Waals surface area contributed by atoms with Crippen molar-refractivity contribution in [2.75, 3.05) is 0 Å². The summed E-state index contributed by atoms with van der Waals surface area (Å²) in [6, 6.07) is 0. The predicted octanol–water partition coefficient (Wildman–Crippen LogP) is 7.03. The van der Waals surface area contributed by atoms with Gasteiger partial charge in [-0.05, 0) is 54.1 Å². The Balaban J connectivity index is 2.69. The van der Waals surface area contributed by atoms with Gasteiger partial charge in [-0.3, -0.25) is 0 Å². The third kappa shape index (κ3) is 5.83. The Morgan fingerprint density at radius 2 is 2.18 bits per heavy atom. The highest BCUT2D eigenvalue weighted by molar-refractivity contribution is 5.28. The molecular formula is C22H34. The molecule has 2 atom stereocenters. The summed E-state index contributed by atoms with van der Waals surface area (Å²) in [6.45, 7) is 15.5. The van der Waals surface area contributed by atoms with Crippen LogP contribution in [0.1, 0.15) is 60.3 Å². The van der Waals surface area contributed by atoms with Crippen LogP contribution < -0.4 is 0 Å². The van der Waals surface area contributed by atoms with Crippen molar-refractivity contribution >= 4 is 0 Å². The molecular weight excluding hydrogens is 264 g/mol. The Hall–Kier alpha value is -1.30. The van der Waals surface area contributed by atoms with E-state index < -0.39 is 0 Å².